The Kier molecular flexibility index (Phi) is 5.11. The Morgan fingerprint density at radius 1 is 1.23 bits per heavy atom. The Balaban J connectivity index is 1.57. The number of amides is 1. The molecule has 3 aromatic rings. The third-order valence-corrected chi connectivity index (χ3v) is 5.30. The fraction of sp³-hybridized carbons (Fsp3) is 0.333. The zero-order valence-corrected chi connectivity index (χ0v) is 16.4. The molecule has 1 aliphatic heterocycles. The van der Waals surface area contributed by atoms with Crippen molar-refractivity contribution in [2.75, 3.05) is 19.7 Å². The molecule has 1 aliphatic rings. The number of alkyl halides is 1. The molecular formula is C21H21FN4O4. The van der Waals surface area contributed by atoms with E-state index < -0.39 is 17.5 Å². The lowest BCUT2D eigenvalue weighted by molar-refractivity contribution is 0.0415. The molecular weight excluding hydrogens is 391 g/mol. The van der Waals surface area contributed by atoms with Crippen molar-refractivity contribution in [3.8, 4) is 5.88 Å². The topological polar surface area (TPSA) is 97.0 Å². The first-order valence-corrected chi connectivity index (χ1v) is 9.71. The zero-order chi connectivity index (χ0) is 21.3. The quantitative estimate of drug-likeness (QED) is 0.662. The van der Waals surface area contributed by atoms with Crippen LogP contribution < -0.4 is 0 Å². The number of piperidine rings is 1. The number of esters is 1. The minimum Gasteiger partial charge on any atom is -0.493 e. The van der Waals surface area contributed by atoms with E-state index in [2.05, 4.69) is 10.1 Å². The van der Waals surface area contributed by atoms with Gasteiger partial charge in [-0.25, -0.2) is 14.2 Å². The molecule has 1 amide bonds. The van der Waals surface area contributed by atoms with Gasteiger partial charge in [0.25, 0.3) is 5.91 Å². The Hall–Kier alpha value is -3.49. The number of halogens is 1. The van der Waals surface area contributed by atoms with Crippen molar-refractivity contribution in [2.45, 2.75) is 25.4 Å². The van der Waals surface area contributed by atoms with Crippen LogP contribution in [-0.2, 0) is 10.4 Å². The maximum Gasteiger partial charge on any atom is 0.343 e. The highest BCUT2D eigenvalue weighted by atomic mass is 19.1. The van der Waals surface area contributed by atoms with E-state index >= 15 is 4.39 Å². The van der Waals surface area contributed by atoms with Crippen molar-refractivity contribution in [3.63, 3.8) is 0 Å². The SMILES string of the molecule is CCOC(=O)c1cnn2c(O)cc(C(=O)N3CCC(F)(c4ccccc4)CC3)nc12. The number of carbonyl (C=O) groups excluding carboxylic acids is 2. The van der Waals surface area contributed by atoms with E-state index in [1.807, 2.05) is 6.07 Å². The van der Waals surface area contributed by atoms with Gasteiger partial charge < -0.3 is 14.7 Å². The van der Waals surface area contributed by atoms with Crippen LogP contribution >= 0.6 is 0 Å². The molecule has 1 aromatic carbocycles. The summed E-state index contributed by atoms with van der Waals surface area (Å²) >= 11 is 0. The summed E-state index contributed by atoms with van der Waals surface area (Å²) < 4.78 is 21.4. The second-order valence-electron chi connectivity index (χ2n) is 7.14. The van der Waals surface area contributed by atoms with Crippen LogP contribution in [0.5, 0.6) is 5.88 Å². The first-order chi connectivity index (χ1) is 14.4. The highest BCUT2D eigenvalue weighted by Gasteiger charge is 2.38. The van der Waals surface area contributed by atoms with Crippen LogP contribution in [0, 0.1) is 0 Å². The van der Waals surface area contributed by atoms with Crippen molar-refractivity contribution in [1.29, 1.82) is 0 Å². The number of carbonyl (C=O) groups is 2. The van der Waals surface area contributed by atoms with Crippen LogP contribution in [-0.4, -0.2) is 56.2 Å². The standard InChI is InChI=1S/C21H21FN4O4/c1-2-30-20(29)15-13-23-26-17(27)12-16(24-18(15)26)19(28)25-10-8-21(22,9-11-25)14-6-4-3-5-7-14/h3-7,12-13,27H,2,8-11H2,1H3. The molecule has 2 aromatic heterocycles. The summed E-state index contributed by atoms with van der Waals surface area (Å²) in [4.78, 5) is 30.8. The predicted octanol–water partition coefficient (Wildman–Crippen LogP) is 2.71. The smallest absolute Gasteiger partial charge is 0.343 e. The van der Waals surface area contributed by atoms with Gasteiger partial charge in [0.05, 0.1) is 12.8 Å². The predicted molar refractivity (Wildman–Crippen MR) is 105 cm³/mol. The molecule has 1 N–H and O–H groups in total. The van der Waals surface area contributed by atoms with Crippen molar-refractivity contribution in [1.82, 2.24) is 19.5 Å². The van der Waals surface area contributed by atoms with Crippen LogP contribution in [0.15, 0.2) is 42.6 Å². The van der Waals surface area contributed by atoms with Gasteiger partial charge in [-0.05, 0) is 12.5 Å². The number of fused-ring (bicyclic) bond motifs is 1. The van der Waals surface area contributed by atoms with Crippen LogP contribution in [0.2, 0.25) is 0 Å². The van der Waals surface area contributed by atoms with Gasteiger partial charge in [0, 0.05) is 32.0 Å². The van der Waals surface area contributed by atoms with Gasteiger partial charge in [0.1, 0.15) is 16.9 Å². The number of aromatic hydroxyl groups is 1. The van der Waals surface area contributed by atoms with Crippen LogP contribution in [0.4, 0.5) is 4.39 Å². The second kappa shape index (κ2) is 7.74. The monoisotopic (exact) mass is 412 g/mol. The van der Waals surface area contributed by atoms with Crippen molar-refractivity contribution < 1.29 is 23.8 Å². The lowest BCUT2D eigenvalue weighted by Crippen LogP contribution is -2.43. The van der Waals surface area contributed by atoms with Gasteiger partial charge in [-0.3, -0.25) is 4.79 Å². The summed E-state index contributed by atoms with van der Waals surface area (Å²) in [5.74, 6) is -1.43. The summed E-state index contributed by atoms with van der Waals surface area (Å²) in [7, 11) is 0. The lowest BCUT2D eigenvalue weighted by atomic mass is 9.86. The number of benzene rings is 1. The molecule has 4 rings (SSSR count). The molecule has 0 saturated carbocycles. The summed E-state index contributed by atoms with van der Waals surface area (Å²) in [5.41, 5.74) is -0.852. The average Bonchev–Trinajstić information content (AvgIpc) is 3.19. The average molecular weight is 412 g/mol. The molecule has 3 heterocycles. The first kappa shape index (κ1) is 19.8. The lowest BCUT2D eigenvalue weighted by Gasteiger charge is -2.36. The minimum atomic E-state index is -1.49. The first-order valence-electron chi connectivity index (χ1n) is 9.71. The number of hydrogen-bond acceptors (Lipinski definition) is 6. The number of hydrogen-bond donors (Lipinski definition) is 1. The molecule has 8 nitrogen and oxygen atoms in total. The van der Waals surface area contributed by atoms with E-state index in [-0.39, 0.29) is 55.3 Å². The Morgan fingerprint density at radius 2 is 1.93 bits per heavy atom. The maximum absolute atomic E-state index is 15.3. The molecule has 30 heavy (non-hydrogen) atoms. The number of ether oxygens (including phenoxy) is 1. The van der Waals surface area contributed by atoms with Crippen molar-refractivity contribution >= 4 is 17.5 Å². The molecule has 1 saturated heterocycles. The number of aromatic nitrogens is 3. The Bertz CT molecular complexity index is 1090. The Labute approximate surface area is 171 Å². The highest BCUT2D eigenvalue weighted by Crippen LogP contribution is 2.37. The maximum atomic E-state index is 15.3. The molecule has 0 unspecified atom stereocenters. The normalized spacial score (nSPS) is 15.9. The third-order valence-electron chi connectivity index (χ3n) is 5.30. The molecule has 0 aliphatic carbocycles. The van der Waals surface area contributed by atoms with Crippen LogP contribution in [0.1, 0.15) is 46.2 Å². The van der Waals surface area contributed by atoms with Gasteiger partial charge in [0.2, 0.25) is 5.88 Å². The zero-order valence-electron chi connectivity index (χ0n) is 16.4. The van der Waals surface area contributed by atoms with E-state index in [0.29, 0.717) is 5.56 Å². The fourth-order valence-corrected chi connectivity index (χ4v) is 3.66. The van der Waals surface area contributed by atoms with Gasteiger partial charge >= 0.3 is 5.97 Å². The minimum absolute atomic E-state index is 0.0259. The van der Waals surface area contributed by atoms with Gasteiger partial charge in [-0.15, -0.1) is 0 Å². The summed E-state index contributed by atoms with van der Waals surface area (Å²) in [5, 5.41) is 14.1. The summed E-state index contributed by atoms with van der Waals surface area (Å²) in [6, 6.07) is 10.1. The van der Waals surface area contributed by atoms with E-state index in [4.69, 9.17) is 4.74 Å². The largest absolute Gasteiger partial charge is 0.493 e. The second-order valence-corrected chi connectivity index (χ2v) is 7.14. The van der Waals surface area contributed by atoms with Gasteiger partial charge in [0.15, 0.2) is 5.65 Å². The summed E-state index contributed by atoms with van der Waals surface area (Å²) in [6.45, 7) is 2.25. The molecule has 0 atom stereocenters. The van der Waals surface area contributed by atoms with Crippen molar-refractivity contribution in [3.05, 3.63) is 59.4 Å². The summed E-state index contributed by atoms with van der Waals surface area (Å²) in [6.07, 6.45) is 1.56. The van der Waals surface area contributed by atoms with Crippen LogP contribution in [0.25, 0.3) is 5.65 Å². The molecule has 0 spiro atoms. The highest BCUT2D eigenvalue weighted by molar-refractivity contribution is 5.97. The van der Waals surface area contributed by atoms with Gasteiger partial charge in [-0.1, -0.05) is 30.3 Å². The number of nitrogens with zero attached hydrogens (tertiary/aromatic N) is 4. The van der Waals surface area contributed by atoms with E-state index in [1.54, 1.807) is 31.2 Å². The molecule has 1 fully saturated rings. The van der Waals surface area contributed by atoms with E-state index in [1.165, 1.54) is 17.2 Å². The molecule has 0 radical (unpaired) electrons. The van der Waals surface area contributed by atoms with Gasteiger partial charge in [-0.2, -0.15) is 9.61 Å². The third kappa shape index (κ3) is 3.47. The molecule has 156 valence electrons. The number of likely N-dealkylation sites (tertiary alicyclic amines) is 1. The fourth-order valence-electron chi connectivity index (χ4n) is 3.66. The molecule has 9 heteroatoms. The van der Waals surface area contributed by atoms with Crippen LogP contribution in [0.3, 0.4) is 0 Å². The number of rotatable bonds is 4. The van der Waals surface area contributed by atoms with E-state index in [9.17, 15) is 14.7 Å². The Morgan fingerprint density at radius 3 is 2.60 bits per heavy atom. The molecule has 0 bridgehead atoms. The van der Waals surface area contributed by atoms with E-state index in [0.717, 1.165) is 4.52 Å². The van der Waals surface area contributed by atoms with Crippen molar-refractivity contribution in [2.24, 2.45) is 0 Å².